The molecular formula is C13H22N4O2. The summed E-state index contributed by atoms with van der Waals surface area (Å²) < 4.78 is 10.3. The molecule has 0 saturated heterocycles. The van der Waals surface area contributed by atoms with E-state index >= 15 is 0 Å². The first kappa shape index (κ1) is 15.4. The van der Waals surface area contributed by atoms with Gasteiger partial charge < -0.3 is 20.5 Å². The molecule has 1 unspecified atom stereocenters. The predicted octanol–water partition coefficient (Wildman–Crippen LogP) is 1.06. The summed E-state index contributed by atoms with van der Waals surface area (Å²) in [6.45, 7) is 4.86. The highest BCUT2D eigenvalue weighted by Crippen LogP contribution is 2.18. The quantitative estimate of drug-likeness (QED) is 0.507. The number of hydrogen-bond donors (Lipinski definition) is 3. The lowest BCUT2D eigenvalue weighted by Gasteiger charge is -2.18. The molecule has 0 aromatic carbocycles. The fraction of sp³-hybridized carbons (Fsp3) is 0.538. The van der Waals surface area contributed by atoms with Gasteiger partial charge in [0.05, 0.1) is 18.3 Å². The summed E-state index contributed by atoms with van der Waals surface area (Å²) in [7, 11) is 3.26. The number of nitrogens with one attached hydrogen (secondary N) is 2. The van der Waals surface area contributed by atoms with Gasteiger partial charge in [0.25, 0.3) is 0 Å². The number of nitrogen functional groups attached to an aromatic ring is 1. The molecule has 0 aliphatic rings. The summed E-state index contributed by atoms with van der Waals surface area (Å²) in [6.07, 6.45) is -0.0765. The molecule has 1 aromatic heterocycles. The summed E-state index contributed by atoms with van der Waals surface area (Å²) in [5.74, 6) is 0.622. The van der Waals surface area contributed by atoms with Crippen molar-refractivity contribution in [3.63, 3.8) is 0 Å². The lowest BCUT2D eigenvalue weighted by atomic mass is 10.1. The Kier molecular flexibility index (Phi) is 5.72. The van der Waals surface area contributed by atoms with Gasteiger partial charge in [-0.05, 0) is 25.5 Å². The molecule has 0 aliphatic heterocycles. The number of ether oxygens (including phenoxy) is 2. The lowest BCUT2D eigenvalue weighted by molar-refractivity contribution is 0.0365. The second-order valence-electron chi connectivity index (χ2n) is 4.41. The summed E-state index contributed by atoms with van der Waals surface area (Å²) >= 11 is 0. The molecule has 1 rings (SSSR count). The highest BCUT2D eigenvalue weighted by Gasteiger charge is 2.13. The van der Waals surface area contributed by atoms with Crippen LogP contribution < -0.4 is 11.1 Å². The van der Waals surface area contributed by atoms with Crippen LogP contribution in [-0.4, -0.2) is 44.3 Å². The number of methoxy groups -OCH3 is 2. The number of aromatic nitrogens is 1. The van der Waals surface area contributed by atoms with Crippen LogP contribution in [0, 0.1) is 19.3 Å². The highest BCUT2D eigenvalue weighted by atomic mass is 16.5. The molecule has 4 N–H and O–H groups in total. The number of nitrogens with zero attached hydrogens (tertiary/aromatic N) is 1. The standard InChI is InChI=1S/C13H22N4O2/c1-8-5-9(2)17-13(11(8)12(14)15)16-6-10(19-4)7-18-3/h5,10H,6-7H2,1-4H3,(H3,14,15)(H,16,17). The second kappa shape index (κ2) is 7.06. The fourth-order valence-electron chi connectivity index (χ4n) is 1.91. The van der Waals surface area contributed by atoms with Gasteiger partial charge in [0.15, 0.2) is 0 Å². The summed E-state index contributed by atoms with van der Waals surface area (Å²) in [5.41, 5.74) is 8.06. The molecule has 0 amide bonds. The monoisotopic (exact) mass is 266 g/mol. The summed E-state index contributed by atoms with van der Waals surface area (Å²) in [4.78, 5) is 4.39. The maximum atomic E-state index is 7.64. The first-order valence-corrected chi connectivity index (χ1v) is 6.07. The third kappa shape index (κ3) is 4.18. The molecule has 0 saturated carbocycles. The van der Waals surface area contributed by atoms with E-state index in [1.54, 1.807) is 14.2 Å². The number of pyridine rings is 1. The largest absolute Gasteiger partial charge is 0.384 e. The molecule has 0 bridgehead atoms. The molecule has 0 aliphatic carbocycles. The van der Waals surface area contributed by atoms with Crippen LogP contribution >= 0.6 is 0 Å². The maximum absolute atomic E-state index is 7.64. The average molecular weight is 266 g/mol. The number of amidine groups is 1. The van der Waals surface area contributed by atoms with Crippen LogP contribution in [0.25, 0.3) is 0 Å². The average Bonchev–Trinajstić information content (AvgIpc) is 2.32. The minimum Gasteiger partial charge on any atom is -0.384 e. The molecule has 1 atom stereocenters. The molecular weight excluding hydrogens is 244 g/mol. The van der Waals surface area contributed by atoms with Gasteiger partial charge in [-0.15, -0.1) is 0 Å². The van der Waals surface area contributed by atoms with Crippen molar-refractivity contribution in [2.75, 3.05) is 32.7 Å². The molecule has 0 radical (unpaired) electrons. The Labute approximate surface area is 113 Å². The Balaban J connectivity index is 2.90. The predicted molar refractivity (Wildman–Crippen MR) is 75.9 cm³/mol. The van der Waals surface area contributed by atoms with Crippen LogP contribution in [0.15, 0.2) is 6.07 Å². The minimum absolute atomic E-state index is 0.00760. The van der Waals surface area contributed by atoms with Crippen LogP contribution in [0.2, 0.25) is 0 Å². The van der Waals surface area contributed by atoms with Gasteiger partial charge in [-0.2, -0.15) is 0 Å². The second-order valence-corrected chi connectivity index (χ2v) is 4.41. The van der Waals surface area contributed by atoms with E-state index in [9.17, 15) is 0 Å². The zero-order valence-corrected chi connectivity index (χ0v) is 11.9. The normalized spacial score (nSPS) is 12.2. The van der Waals surface area contributed by atoms with Crippen LogP contribution in [0.3, 0.4) is 0 Å². The molecule has 19 heavy (non-hydrogen) atoms. The van der Waals surface area contributed by atoms with Gasteiger partial charge in [-0.3, -0.25) is 5.41 Å². The van der Waals surface area contributed by atoms with E-state index in [1.807, 2.05) is 19.9 Å². The highest BCUT2D eigenvalue weighted by molar-refractivity contribution is 6.00. The Hall–Kier alpha value is -1.66. The Bertz CT molecular complexity index is 449. The van der Waals surface area contributed by atoms with Gasteiger partial charge >= 0.3 is 0 Å². The van der Waals surface area contributed by atoms with Crippen LogP contribution in [0.1, 0.15) is 16.8 Å². The van der Waals surface area contributed by atoms with Gasteiger partial charge in [0.2, 0.25) is 0 Å². The van der Waals surface area contributed by atoms with Crippen molar-refractivity contribution in [2.24, 2.45) is 5.73 Å². The Morgan fingerprint density at radius 1 is 1.47 bits per heavy atom. The number of nitrogens with two attached hydrogens (primary N) is 1. The van der Waals surface area contributed by atoms with E-state index in [2.05, 4.69) is 10.3 Å². The zero-order valence-electron chi connectivity index (χ0n) is 11.9. The number of hydrogen-bond acceptors (Lipinski definition) is 5. The van der Waals surface area contributed by atoms with E-state index in [0.29, 0.717) is 24.5 Å². The van der Waals surface area contributed by atoms with E-state index in [-0.39, 0.29) is 11.9 Å². The molecule has 0 spiro atoms. The van der Waals surface area contributed by atoms with E-state index in [4.69, 9.17) is 20.6 Å². The van der Waals surface area contributed by atoms with Crippen LogP contribution in [0.5, 0.6) is 0 Å². The van der Waals surface area contributed by atoms with Crippen molar-refractivity contribution < 1.29 is 9.47 Å². The molecule has 0 fully saturated rings. The first-order valence-electron chi connectivity index (χ1n) is 6.07. The van der Waals surface area contributed by atoms with Gasteiger partial charge in [0, 0.05) is 26.5 Å². The summed E-state index contributed by atoms with van der Waals surface area (Å²) in [6, 6.07) is 1.91. The van der Waals surface area contributed by atoms with Crippen molar-refractivity contribution in [1.29, 1.82) is 5.41 Å². The van der Waals surface area contributed by atoms with Crippen molar-refractivity contribution in [2.45, 2.75) is 20.0 Å². The van der Waals surface area contributed by atoms with Crippen molar-refractivity contribution >= 4 is 11.7 Å². The topological polar surface area (TPSA) is 93.2 Å². The lowest BCUT2D eigenvalue weighted by Crippen LogP contribution is -2.28. The van der Waals surface area contributed by atoms with E-state index in [1.165, 1.54) is 0 Å². The number of aryl methyl sites for hydroxylation is 2. The van der Waals surface area contributed by atoms with Gasteiger partial charge in [-0.1, -0.05) is 0 Å². The molecule has 1 aromatic rings. The smallest absolute Gasteiger partial charge is 0.137 e. The van der Waals surface area contributed by atoms with Crippen molar-refractivity contribution in [3.05, 3.63) is 22.9 Å². The molecule has 6 nitrogen and oxygen atoms in total. The Morgan fingerprint density at radius 3 is 2.68 bits per heavy atom. The zero-order chi connectivity index (χ0) is 14.4. The van der Waals surface area contributed by atoms with Crippen LogP contribution in [0.4, 0.5) is 5.82 Å². The van der Waals surface area contributed by atoms with Crippen molar-refractivity contribution in [3.8, 4) is 0 Å². The maximum Gasteiger partial charge on any atom is 0.137 e. The number of rotatable bonds is 7. The Morgan fingerprint density at radius 2 is 2.16 bits per heavy atom. The molecule has 1 heterocycles. The molecule has 6 heteroatoms. The first-order chi connectivity index (χ1) is 8.99. The molecule has 106 valence electrons. The third-order valence-corrected chi connectivity index (χ3v) is 2.80. The fourth-order valence-corrected chi connectivity index (χ4v) is 1.91. The minimum atomic E-state index is -0.0765. The third-order valence-electron chi connectivity index (χ3n) is 2.80. The van der Waals surface area contributed by atoms with Crippen LogP contribution in [-0.2, 0) is 9.47 Å². The summed E-state index contributed by atoms with van der Waals surface area (Å²) in [5, 5.41) is 10.8. The van der Waals surface area contributed by atoms with Gasteiger partial charge in [-0.25, -0.2) is 4.98 Å². The SMILES string of the molecule is COCC(CNc1nc(C)cc(C)c1C(=N)N)OC. The van der Waals surface area contributed by atoms with Crippen molar-refractivity contribution in [1.82, 2.24) is 4.98 Å². The number of anilines is 1. The van der Waals surface area contributed by atoms with Gasteiger partial charge in [0.1, 0.15) is 11.7 Å². The van der Waals surface area contributed by atoms with E-state index in [0.717, 1.165) is 11.3 Å². The van der Waals surface area contributed by atoms with E-state index < -0.39 is 0 Å².